The van der Waals surface area contributed by atoms with E-state index in [0.29, 0.717) is 0 Å². The van der Waals surface area contributed by atoms with Crippen molar-refractivity contribution in [1.29, 1.82) is 0 Å². The van der Waals surface area contributed by atoms with Crippen LogP contribution >= 0.6 is 24.0 Å². The average Bonchev–Trinajstić information content (AvgIpc) is 2.57. The zero-order chi connectivity index (χ0) is 14.5. The van der Waals surface area contributed by atoms with E-state index in [0.717, 1.165) is 9.76 Å². The van der Waals surface area contributed by atoms with E-state index in [1.165, 1.54) is 16.0 Å². The van der Waals surface area contributed by atoms with Gasteiger partial charge in [0.15, 0.2) is 0 Å². The summed E-state index contributed by atoms with van der Waals surface area (Å²) in [5.74, 6) is 0. The molecule has 2 heteroatoms. The molecule has 0 aliphatic heterocycles. The molecule has 3 rings (SSSR count). The molecule has 0 radical (unpaired) electrons. The minimum Gasteiger partial charge on any atom is -0.0777 e. The summed E-state index contributed by atoms with van der Waals surface area (Å²) in [5.41, 5.74) is 3.54. The fourth-order valence-corrected chi connectivity index (χ4v) is 3.27. The van der Waals surface area contributed by atoms with E-state index in [1.54, 1.807) is 11.8 Å². The smallest absolute Gasteiger partial charge is 0.0777 e. The van der Waals surface area contributed by atoms with Crippen LogP contribution in [0.5, 0.6) is 0 Å². The van der Waals surface area contributed by atoms with Gasteiger partial charge in [-0.1, -0.05) is 96.8 Å². The Morgan fingerprint density at radius 1 is 0.619 bits per heavy atom. The van der Waals surface area contributed by atoms with Gasteiger partial charge in [-0.2, -0.15) is 0 Å². The molecule has 0 nitrogen and oxygen atoms in total. The largest absolute Gasteiger partial charge is 0.0825 e. The lowest BCUT2D eigenvalue weighted by Crippen LogP contribution is -1.91. The van der Waals surface area contributed by atoms with Crippen molar-refractivity contribution < 1.29 is 0 Å². The summed E-state index contributed by atoms with van der Waals surface area (Å²) < 4.78 is 0.904. The molecular formula is C19H14S2. The Labute approximate surface area is 134 Å². The van der Waals surface area contributed by atoms with Crippen LogP contribution in [0.25, 0.3) is 11.1 Å². The van der Waals surface area contributed by atoms with Gasteiger partial charge in [-0.3, -0.25) is 0 Å². The summed E-state index contributed by atoms with van der Waals surface area (Å²) in [7, 11) is 0. The van der Waals surface area contributed by atoms with E-state index < -0.39 is 0 Å². The first-order chi connectivity index (χ1) is 10.3. The van der Waals surface area contributed by atoms with Gasteiger partial charge in [-0.25, -0.2) is 0 Å². The normalized spacial score (nSPS) is 10.3. The van der Waals surface area contributed by atoms with E-state index >= 15 is 0 Å². The Bertz CT molecular complexity index is 717. The summed E-state index contributed by atoms with van der Waals surface area (Å²) in [4.78, 5) is 1.18. The Morgan fingerprint density at radius 3 is 1.76 bits per heavy atom. The topological polar surface area (TPSA) is 0 Å². The van der Waals surface area contributed by atoms with Crippen molar-refractivity contribution in [2.75, 3.05) is 0 Å². The maximum absolute atomic E-state index is 5.53. The van der Waals surface area contributed by atoms with Gasteiger partial charge in [0, 0.05) is 4.90 Å². The SMILES string of the molecule is S=C(Sc1ccccc1)c1ccc(-c2ccccc2)cc1. The van der Waals surface area contributed by atoms with Crippen LogP contribution in [0, 0.1) is 0 Å². The lowest BCUT2D eigenvalue weighted by atomic mass is 10.0. The van der Waals surface area contributed by atoms with Crippen molar-refractivity contribution in [2.24, 2.45) is 0 Å². The highest BCUT2D eigenvalue weighted by Gasteiger charge is 2.04. The fourth-order valence-electron chi connectivity index (χ4n) is 2.08. The number of benzene rings is 3. The Balaban J connectivity index is 1.77. The number of thioether (sulfide) groups is 1. The molecule has 0 atom stereocenters. The number of rotatable bonds is 3. The van der Waals surface area contributed by atoms with Crippen LogP contribution in [0.1, 0.15) is 5.56 Å². The summed E-state index contributed by atoms with van der Waals surface area (Å²) in [6, 6.07) is 29.1. The van der Waals surface area contributed by atoms with E-state index in [2.05, 4.69) is 60.7 Å². The van der Waals surface area contributed by atoms with Crippen LogP contribution in [-0.4, -0.2) is 4.20 Å². The number of hydrogen-bond donors (Lipinski definition) is 0. The Kier molecular flexibility index (Phi) is 4.49. The molecule has 0 N–H and O–H groups in total. The van der Waals surface area contributed by atoms with Crippen LogP contribution in [0.4, 0.5) is 0 Å². The van der Waals surface area contributed by atoms with E-state index in [9.17, 15) is 0 Å². The van der Waals surface area contributed by atoms with Crippen molar-refractivity contribution in [3.05, 3.63) is 90.5 Å². The standard InChI is InChI=1S/C19H14S2/c20-19(21-18-9-5-2-6-10-18)17-13-11-16(12-14-17)15-7-3-1-4-8-15/h1-14H. The predicted octanol–water partition coefficient (Wildman–Crippen LogP) is 5.82. The molecule has 0 heterocycles. The molecule has 0 aliphatic carbocycles. The van der Waals surface area contributed by atoms with Crippen molar-refractivity contribution in [3.8, 4) is 11.1 Å². The number of hydrogen-bond acceptors (Lipinski definition) is 2. The zero-order valence-electron chi connectivity index (χ0n) is 11.4. The third-order valence-electron chi connectivity index (χ3n) is 3.18. The highest BCUT2D eigenvalue weighted by molar-refractivity contribution is 8.23. The molecule has 0 amide bonds. The second-order valence-corrected chi connectivity index (χ2v) is 6.40. The maximum Gasteiger partial charge on any atom is 0.0825 e. The van der Waals surface area contributed by atoms with Crippen molar-refractivity contribution in [3.63, 3.8) is 0 Å². The Hall–Kier alpha value is -1.90. The van der Waals surface area contributed by atoms with Gasteiger partial charge in [0.05, 0.1) is 4.20 Å². The maximum atomic E-state index is 5.53. The minimum atomic E-state index is 0.904. The van der Waals surface area contributed by atoms with Crippen LogP contribution < -0.4 is 0 Å². The van der Waals surface area contributed by atoms with Gasteiger partial charge < -0.3 is 0 Å². The molecule has 0 aliphatic rings. The minimum absolute atomic E-state index is 0.904. The average molecular weight is 306 g/mol. The summed E-state index contributed by atoms with van der Waals surface area (Å²) in [6.07, 6.45) is 0. The molecule has 0 bridgehead atoms. The second-order valence-electron chi connectivity index (χ2n) is 4.65. The van der Waals surface area contributed by atoms with Crippen LogP contribution in [0.15, 0.2) is 89.8 Å². The van der Waals surface area contributed by atoms with Gasteiger partial charge in [0.25, 0.3) is 0 Å². The van der Waals surface area contributed by atoms with Crippen LogP contribution in [0.2, 0.25) is 0 Å². The lowest BCUT2D eigenvalue weighted by molar-refractivity contribution is 1.48. The van der Waals surface area contributed by atoms with Crippen molar-refractivity contribution in [1.82, 2.24) is 0 Å². The van der Waals surface area contributed by atoms with Gasteiger partial charge in [-0.15, -0.1) is 0 Å². The first kappa shape index (κ1) is 14.1. The van der Waals surface area contributed by atoms with E-state index in [4.69, 9.17) is 12.2 Å². The van der Waals surface area contributed by atoms with Gasteiger partial charge in [0.2, 0.25) is 0 Å². The quantitative estimate of drug-likeness (QED) is 0.441. The molecule has 102 valence electrons. The molecule has 0 saturated heterocycles. The second kappa shape index (κ2) is 6.70. The highest BCUT2D eigenvalue weighted by atomic mass is 32.2. The lowest BCUT2D eigenvalue weighted by Gasteiger charge is -2.06. The summed E-state index contributed by atoms with van der Waals surface area (Å²) in [5, 5.41) is 0. The molecule has 3 aromatic carbocycles. The molecule has 21 heavy (non-hydrogen) atoms. The molecule has 0 saturated carbocycles. The Morgan fingerprint density at radius 2 is 1.14 bits per heavy atom. The first-order valence-electron chi connectivity index (χ1n) is 6.76. The zero-order valence-corrected chi connectivity index (χ0v) is 13.0. The van der Waals surface area contributed by atoms with Gasteiger partial charge in [0.1, 0.15) is 0 Å². The van der Waals surface area contributed by atoms with E-state index in [-0.39, 0.29) is 0 Å². The molecular weight excluding hydrogens is 292 g/mol. The molecule has 0 unspecified atom stereocenters. The first-order valence-corrected chi connectivity index (χ1v) is 7.98. The summed E-state index contributed by atoms with van der Waals surface area (Å²) >= 11 is 7.16. The van der Waals surface area contributed by atoms with Gasteiger partial charge in [-0.05, 0) is 28.8 Å². The third-order valence-corrected chi connectivity index (χ3v) is 4.60. The van der Waals surface area contributed by atoms with Crippen molar-refractivity contribution >= 4 is 28.2 Å². The van der Waals surface area contributed by atoms with Gasteiger partial charge >= 0.3 is 0 Å². The van der Waals surface area contributed by atoms with Crippen LogP contribution in [0.3, 0.4) is 0 Å². The molecule has 3 aromatic rings. The third kappa shape index (κ3) is 3.60. The molecule has 0 spiro atoms. The van der Waals surface area contributed by atoms with Crippen LogP contribution in [-0.2, 0) is 0 Å². The summed E-state index contributed by atoms with van der Waals surface area (Å²) in [6.45, 7) is 0. The number of thiocarbonyl (C=S) groups is 1. The molecule has 0 fully saturated rings. The fraction of sp³-hybridized carbons (Fsp3) is 0. The predicted molar refractivity (Wildman–Crippen MR) is 95.9 cm³/mol. The highest BCUT2D eigenvalue weighted by Crippen LogP contribution is 2.25. The van der Waals surface area contributed by atoms with Crippen molar-refractivity contribution in [2.45, 2.75) is 4.90 Å². The monoisotopic (exact) mass is 306 g/mol. The van der Waals surface area contributed by atoms with E-state index in [1.807, 2.05) is 24.3 Å². The molecule has 0 aromatic heterocycles.